The molecule has 1 saturated carbocycles. The van der Waals surface area contributed by atoms with Gasteiger partial charge in [0.25, 0.3) is 0 Å². The van der Waals surface area contributed by atoms with E-state index < -0.39 is 0 Å². The largest absolute Gasteiger partial charge is 0.307 e. The molecule has 1 N–H and O–H groups in total. The molecular weight excluding hydrogens is 274 g/mol. The van der Waals surface area contributed by atoms with Crippen LogP contribution < -0.4 is 5.32 Å². The molecule has 3 atom stereocenters. The van der Waals surface area contributed by atoms with Gasteiger partial charge in [-0.2, -0.15) is 0 Å². The summed E-state index contributed by atoms with van der Waals surface area (Å²) in [7, 11) is 0. The van der Waals surface area contributed by atoms with Crippen LogP contribution in [0.3, 0.4) is 0 Å². The van der Waals surface area contributed by atoms with Crippen LogP contribution in [-0.2, 0) is 0 Å². The molecule has 0 radical (unpaired) electrons. The molecule has 1 aromatic rings. The molecular formula is C16H26ClNS. The number of nitrogens with one attached hydrogen (secondary N) is 1. The highest BCUT2D eigenvalue weighted by molar-refractivity contribution is 7.16. The maximum Gasteiger partial charge on any atom is 0.0931 e. The van der Waals surface area contributed by atoms with Crippen LogP contribution >= 0.6 is 22.9 Å². The van der Waals surface area contributed by atoms with Crippen molar-refractivity contribution in [1.82, 2.24) is 5.32 Å². The first-order chi connectivity index (χ1) is 9.04. The number of rotatable bonds is 5. The third-order valence-electron chi connectivity index (χ3n) is 4.09. The molecule has 1 nitrogen and oxygen atoms in total. The summed E-state index contributed by atoms with van der Waals surface area (Å²) >= 11 is 7.72. The fraction of sp³-hybridized carbons (Fsp3) is 0.750. The van der Waals surface area contributed by atoms with Crippen LogP contribution in [0.25, 0.3) is 0 Å². The fourth-order valence-electron chi connectivity index (χ4n) is 3.32. The van der Waals surface area contributed by atoms with Crippen molar-refractivity contribution in [1.29, 1.82) is 0 Å². The zero-order valence-corrected chi connectivity index (χ0v) is 13.9. The summed E-state index contributed by atoms with van der Waals surface area (Å²) in [5.41, 5.74) is 0. The molecule has 1 fully saturated rings. The lowest BCUT2D eigenvalue weighted by molar-refractivity contribution is 0.243. The molecule has 0 bridgehead atoms. The van der Waals surface area contributed by atoms with Crippen molar-refractivity contribution in [2.24, 2.45) is 11.8 Å². The van der Waals surface area contributed by atoms with Crippen molar-refractivity contribution in [2.75, 3.05) is 0 Å². The monoisotopic (exact) mass is 299 g/mol. The SMILES string of the molecule is CC(C)CC1CCCC(NC(C)c2ccc(Cl)s2)C1. The van der Waals surface area contributed by atoms with Crippen LogP contribution in [0.5, 0.6) is 0 Å². The Labute approximate surface area is 126 Å². The van der Waals surface area contributed by atoms with E-state index in [-0.39, 0.29) is 0 Å². The van der Waals surface area contributed by atoms with Gasteiger partial charge in [-0.1, -0.05) is 38.3 Å². The van der Waals surface area contributed by atoms with Crippen LogP contribution in [0.4, 0.5) is 0 Å². The Morgan fingerprint density at radius 1 is 1.32 bits per heavy atom. The average molecular weight is 300 g/mol. The van der Waals surface area contributed by atoms with Gasteiger partial charge < -0.3 is 5.32 Å². The van der Waals surface area contributed by atoms with E-state index in [0.29, 0.717) is 12.1 Å². The van der Waals surface area contributed by atoms with Crippen molar-refractivity contribution in [3.8, 4) is 0 Å². The van der Waals surface area contributed by atoms with E-state index in [0.717, 1.165) is 16.2 Å². The maximum atomic E-state index is 6.02. The average Bonchev–Trinajstić information content (AvgIpc) is 2.75. The summed E-state index contributed by atoms with van der Waals surface area (Å²) in [6.07, 6.45) is 6.87. The van der Waals surface area contributed by atoms with E-state index in [1.165, 1.54) is 37.0 Å². The van der Waals surface area contributed by atoms with Gasteiger partial charge in [0.2, 0.25) is 0 Å². The molecule has 0 amide bonds. The minimum Gasteiger partial charge on any atom is -0.307 e. The molecule has 0 saturated heterocycles. The summed E-state index contributed by atoms with van der Waals surface area (Å²) in [6, 6.07) is 5.27. The third kappa shape index (κ3) is 4.77. The first-order valence-electron chi connectivity index (χ1n) is 7.56. The van der Waals surface area contributed by atoms with Crippen LogP contribution in [-0.4, -0.2) is 6.04 Å². The first-order valence-corrected chi connectivity index (χ1v) is 8.75. The second-order valence-corrected chi connectivity index (χ2v) is 8.14. The van der Waals surface area contributed by atoms with Crippen LogP contribution in [0.2, 0.25) is 4.34 Å². The Morgan fingerprint density at radius 2 is 2.11 bits per heavy atom. The summed E-state index contributed by atoms with van der Waals surface area (Å²) in [6.45, 7) is 6.94. The van der Waals surface area contributed by atoms with Crippen LogP contribution in [0.15, 0.2) is 12.1 Å². The predicted molar refractivity (Wildman–Crippen MR) is 86.1 cm³/mol. The lowest BCUT2D eigenvalue weighted by atomic mass is 9.81. The molecule has 3 unspecified atom stereocenters. The van der Waals surface area contributed by atoms with E-state index in [1.54, 1.807) is 11.3 Å². The summed E-state index contributed by atoms with van der Waals surface area (Å²) in [5, 5.41) is 3.80. The Hall–Kier alpha value is -0.0500. The zero-order chi connectivity index (χ0) is 13.8. The highest BCUT2D eigenvalue weighted by Gasteiger charge is 2.24. The Kier molecular flexibility index (Phi) is 5.73. The van der Waals surface area contributed by atoms with Crippen LogP contribution in [0.1, 0.15) is 63.8 Å². The molecule has 19 heavy (non-hydrogen) atoms. The number of hydrogen-bond acceptors (Lipinski definition) is 2. The van der Waals surface area contributed by atoms with Gasteiger partial charge in [-0.15, -0.1) is 11.3 Å². The minimum absolute atomic E-state index is 0.431. The third-order valence-corrected chi connectivity index (χ3v) is 5.51. The molecule has 0 aromatic carbocycles. The van der Waals surface area contributed by atoms with Crippen molar-refractivity contribution >= 4 is 22.9 Å². The summed E-state index contributed by atoms with van der Waals surface area (Å²) in [4.78, 5) is 1.36. The van der Waals surface area contributed by atoms with Gasteiger partial charge >= 0.3 is 0 Å². The number of thiophene rings is 1. The topological polar surface area (TPSA) is 12.0 Å². The summed E-state index contributed by atoms with van der Waals surface area (Å²) in [5.74, 6) is 1.75. The second-order valence-electron chi connectivity index (χ2n) is 6.39. The van der Waals surface area contributed by atoms with E-state index in [4.69, 9.17) is 11.6 Å². The van der Waals surface area contributed by atoms with E-state index in [2.05, 4.69) is 32.2 Å². The van der Waals surface area contributed by atoms with Gasteiger partial charge in [0, 0.05) is 17.0 Å². The smallest absolute Gasteiger partial charge is 0.0931 e. The molecule has 1 aliphatic rings. The van der Waals surface area contributed by atoms with Crippen molar-refractivity contribution in [2.45, 2.75) is 65.0 Å². The highest BCUT2D eigenvalue weighted by Crippen LogP contribution is 2.32. The Balaban J connectivity index is 1.84. The van der Waals surface area contributed by atoms with Gasteiger partial charge in [-0.25, -0.2) is 0 Å². The molecule has 108 valence electrons. The van der Waals surface area contributed by atoms with E-state index in [1.807, 2.05) is 6.07 Å². The van der Waals surface area contributed by atoms with Gasteiger partial charge in [-0.3, -0.25) is 0 Å². The molecule has 1 aromatic heterocycles. The lowest BCUT2D eigenvalue weighted by Gasteiger charge is -2.32. The van der Waals surface area contributed by atoms with Gasteiger partial charge in [0.15, 0.2) is 0 Å². The highest BCUT2D eigenvalue weighted by atomic mass is 35.5. The maximum absolute atomic E-state index is 6.02. The Morgan fingerprint density at radius 3 is 2.74 bits per heavy atom. The van der Waals surface area contributed by atoms with Crippen molar-refractivity contribution in [3.63, 3.8) is 0 Å². The fourth-order valence-corrected chi connectivity index (χ4v) is 4.39. The van der Waals surface area contributed by atoms with Gasteiger partial charge in [0.05, 0.1) is 4.34 Å². The second kappa shape index (κ2) is 7.10. The number of hydrogen-bond donors (Lipinski definition) is 1. The quantitative estimate of drug-likeness (QED) is 0.740. The van der Waals surface area contributed by atoms with Crippen molar-refractivity contribution < 1.29 is 0 Å². The zero-order valence-electron chi connectivity index (χ0n) is 12.3. The summed E-state index contributed by atoms with van der Waals surface area (Å²) < 4.78 is 0.893. The first kappa shape index (κ1) is 15.3. The van der Waals surface area contributed by atoms with Crippen molar-refractivity contribution in [3.05, 3.63) is 21.3 Å². The Bertz CT molecular complexity index is 388. The molecule has 0 aliphatic heterocycles. The predicted octanol–water partition coefficient (Wildman–Crippen LogP) is 5.66. The van der Waals surface area contributed by atoms with E-state index in [9.17, 15) is 0 Å². The molecule has 3 heteroatoms. The standard InChI is InChI=1S/C16H26ClNS/c1-11(2)9-13-5-4-6-14(10-13)18-12(3)15-7-8-16(17)19-15/h7-8,11-14,18H,4-6,9-10H2,1-3H3. The number of halogens is 1. The van der Waals surface area contributed by atoms with E-state index >= 15 is 0 Å². The molecule has 0 spiro atoms. The molecule has 2 rings (SSSR count). The minimum atomic E-state index is 0.431. The van der Waals surface area contributed by atoms with Crippen LogP contribution in [0, 0.1) is 11.8 Å². The molecule has 1 aliphatic carbocycles. The van der Waals surface area contributed by atoms with Gasteiger partial charge in [-0.05, 0) is 50.2 Å². The normalized spacial score (nSPS) is 25.7. The molecule has 1 heterocycles. The lowest BCUT2D eigenvalue weighted by Crippen LogP contribution is -2.35. The van der Waals surface area contributed by atoms with Gasteiger partial charge in [0.1, 0.15) is 0 Å².